The maximum atomic E-state index is 12.3. The second-order valence-electron chi connectivity index (χ2n) is 4.45. The predicted molar refractivity (Wildman–Crippen MR) is 72.5 cm³/mol. The summed E-state index contributed by atoms with van der Waals surface area (Å²) in [5.41, 5.74) is 0.984. The maximum absolute atomic E-state index is 12.3. The highest BCUT2D eigenvalue weighted by Gasteiger charge is 2.31. The second-order valence-corrected chi connectivity index (χ2v) is 4.45. The van der Waals surface area contributed by atoms with E-state index in [-0.39, 0.29) is 0 Å². The molecule has 20 heavy (non-hydrogen) atoms. The molecule has 1 heterocycles. The number of halogens is 3. The Morgan fingerprint density at radius 1 is 1.00 bits per heavy atom. The number of nitrogens with zero attached hydrogens (tertiary/aromatic N) is 1. The minimum Gasteiger partial charge on any atom is -0.384 e. The highest BCUT2D eigenvalue weighted by atomic mass is 19.4. The van der Waals surface area contributed by atoms with E-state index < -0.39 is 11.9 Å². The summed E-state index contributed by atoms with van der Waals surface area (Å²) in [6, 6.07) is 12.4. The van der Waals surface area contributed by atoms with Gasteiger partial charge in [-0.25, -0.2) is 4.98 Å². The first-order valence-corrected chi connectivity index (χ1v) is 6.37. The molecule has 2 aromatic rings. The number of pyridine rings is 1. The Bertz CT molecular complexity index is 521. The molecule has 106 valence electrons. The third kappa shape index (κ3) is 4.26. The molecule has 1 aromatic carbocycles. The van der Waals surface area contributed by atoms with Crippen LogP contribution >= 0.6 is 0 Å². The quantitative estimate of drug-likeness (QED) is 0.832. The lowest BCUT2D eigenvalue weighted by Crippen LogP contribution is -2.09. The normalized spacial score (nSPS) is 11.3. The van der Waals surface area contributed by atoms with Gasteiger partial charge >= 0.3 is 6.18 Å². The van der Waals surface area contributed by atoms with Crippen LogP contribution in [0.15, 0.2) is 48.7 Å². The molecule has 0 atom stereocenters. The van der Waals surface area contributed by atoms with Gasteiger partial charge in [-0.1, -0.05) is 30.3 Å². The number of benzene rings is 1. The molecular weight excluding hydrogens is 265 g/mol. The van der Waals surface area contributed by atoms with E-state index in [0.29, 0.717) is 12.2 Å². The Kier molecular flexibility index (Phi) is 4.61. The van der Waals surface area contributed by atoms with E-state index >= 15 is 0 Å². The van der Waals surface area contributed by atoms with Gasteiger partial charge < -0.3 is 5.32 Å². The lowest BCUT2D eigenvalue weighted by molar-refractivity contribution is -0.141. The zero-order chi connectivity index (χ0) is 14.4. The molecule has 0 aliphatic rings. The summed E-state index contributed by atoms with van der Waals surface area (Å²) < 4.78 is 37.0. The van der Waals surface area contributed by atoms with Crippen molar-refractivity contribution in [2.75, 3.05) is 11.9 Å². The van der Waals surface area contributed by atoms with E-state index in [1.165, 1.54) is 17.8 Å². The summed E-state index contributed by atoms with van der Waals surface area (Å²) in [7, 11) is 0. The Balaban J connectivity index is 1.77. The number of aromatic nitrogens is 1. The van der Waals surface area contributed by atoms with Crippen molar-refractivity contribution in [3.05, 3.63) is 59.9 Å². The molecule has 0 aliphatic heterocycles. The van der Waals surface area contributed by atoms with Gasteiger partial charge in [-0.2, -0.15) is 13.2 Å². The van der Waals surface area contributed by atoms with Crippen LogP contribution in [0.3, 0.4) is 0 Å². The largest absolute Gasteiger partial charge is 0.433 e. The molecule has 1 aromatic heterocycles. The van der Waals surface area contributed by atoms with Crippen molar-refractivity contribution in [1.82, 2.24) is 4.98 Å². The highest BCUT2D eigenvalue weighted by Crippen LogP contribution is 2.27. The molecule has 0 bridgehead atoms. The van der Waals surface area contributed by atoms with Gasteiger partial charge in [0, 0.05) is 6.54 Å². The minimum atomic E-state index is -4.38. The van der Waals surface area contributed by atoms with Crippen LogP contribution in [0.4, 0.5) is 18.9 Å². The SMILES string of the molecule is FC(F)(F)c1ccc(NCCCc2ccccc2)cn1. The lowest BCUT2D eigenvalue weighted by Gasteiger charge is -2.08. The molecular formula is C15H15F3N2. The van der Waals surface area contributed by atoms with Crippen LogP contribution in [0.1, 0.15) is 17.7 Å². The number of hydrogen-bond donors (Lipinski definition) is 1. The van der Waals surface area contributed by atoms with Crippen LogP contribution in [-0.2, 0) is 12.6 Å². The van der Waals surface area contributed by atoms with E-state index in [0.717, 1.165) is 18.9 Å². The molecule has 0 saturated heterocycles. The first kappa shape index (κ1) is 14.4. The van der Waals surface area contributed by atoms with E-state index in [4.69, 9.17) is 0 Å². The van der Waals surface area contributed by atoms with Crippen molar-refractivity contribution in [2.24, 2.45) is 0 Å². The first-order chi connectivity index (χ1) is 9.55. The third-order valence-corrected chi connectivity index (χ3v) is 2.87. The second kappa shape index (κ2) is 6.41. The fraction of sp³-hybridized carbons (Fsp3) is 0.267. The molecule has 2 rings (SSSR count). The fourth-order valence-electron chi connectivity index (χ4n) is 1.84. The smallest absolute Gasteiger partial charge is 0.384 e. The first-order valence-electron chi connectivity index (χ1n) is 6.37. The number of nitrogens with one attached hydrogen (secondary N) is 1. The van der Waals surface area contributed by atoms with Crippen molar-refractivity contribution in [2.45, 2.75) is 19.0 Å². The van der Waals surface area contributed by atoms with Crippen LogP contribution in [0.5, 0.6) is 0 Å². The predicted octanol–water partition coefficient (Wildman–Crippen LogP) is 4.15. The summed E-state index contributed by atoms with van der Waals surface area (Å²) in [4.78, 5) is 3.40. The number of hydrogen-bond acceptors (Lipinski definition) is 2. The van der Waals surface area contributed by atoms with Gasteiger partial charge in [0.1, 0.15) is 5.69 Å². The van der Waals surface area contributed by atoms with Crippen LogP contribution in [0.25, 0.3) is 0 Å². The number of anilines is 1. The Morgan fingerprint density at radius 3 is 2.35 bits per heavy atom. The lowest BCUT2D eigenvalue weighted by atomic mass is 10.1. The van der Waals surface area contributed by atoms with E-state index in [1.54, 1.807) is 0 Å². The summed E-state index contributed by atoms with van der Waals surface area (Å²) in [5.74, 6) is 0. The molecule has 0 unspecified atom stereocenters. The molecule has 1 N–H and O–H groups in total. The van der Waals surface area contributed by atoms with Crippen molar-refractivity contribution in [3.8, 4) is 0 Å². The Labute approximate surface area is 115 Å². The average Bonchev–Trinajstić information content (AvgIpc) is 2.44. The number of alkyl halides is 3. The summed E-state index contributed by atoms with van der Waals surface area (Å²) in [5, 5.41) is 3.06. The van der Waals surface area contributed by atoms with Gasteiger partial charge in [0.15, 0.2) is 0 Å². The van der Waals surface area contributed by atoms with Gasteiger partial charge in [-0.15, -0.1) is 0 Å². The molecule has 0 spiro atoms. The molecule has 0 fully saturated rings. The van der Waals surface area contributed by atoms with Crippen LogP contribution < -0.4 is 5.32 Å². The number of rotatable bonds is 5. The maximum Gasteiger partial charge on any atom is 0.433 e. The molecule has 2 nitrogen and oxygen atoms in total. The summed E-state index contributed by atoms with van der Waals surface area (Å²) in [6.45, 7) is 0.696. The van der Waals surface area contributed by atoms with Crippen molar-refractivity contribution in [3.63, 3.8) is 0 Å². The van der Waals surface area contributed by atoms with Crippen molar-refractivity contribution >= 4 is 5.69 Å². The molecule has 0 radical (unpaired) electrons. The summed E-state index contributed by atoms with van der Waals surface area (Å²) >= 11 is 0. The third-order valence-electron chi connectivity index (χ3n) is 2.87. The van der Waals surface area contributed by atoms with Crippen LogP contribution in [0.2, 0.25) is 0 Å². The Morgan fingerprint density at radius 2 is 1.75 bits per heavy atom. The fourth-order valence-corrected chi connectivity index (χ4v) is 1.84. The van der Waals surface area contributed by atoms with Crippen molar-refractivity contribution < 1.29 is 13.2 Å². The van der Waals surface area contributed by atoms with Crippen molar-refractivity contribution in [1.29, 1.82) is 0 Å². The molecule has 0 saturated carbocycles. The standard InChI is InChI=1S/C15H15F3N2/c16-15(17,18)14-9-8-13(11-20-14)19-10-4-7-12-5-2-1-3-6-12/h1-3,5-6,8-9,11,19H,4,7,10H2. The van der Waals surface area contributed by atoms with Gasteiger partial charge in [-0.3, -0.25) is 0 Å². The van der Waals surface area contributed by atoms with E-state index in [1.807, 2.05) is 18.2 Å². The van der Waals surface area contributed by atoms with Crippen LogP contribution in [0, 0.1) is 0 Å². The molecule has 0 aliphatic carbocycles. The van der Waals surface area contributed by atoms with Gasteiger partial charge in [0.2, 0.25) is 0 Å². The topological polar surface area (TPSA) is 24.9 Å². The molecule has 0 amide bonds. The van der Waals surface area contributed by atoms with E-state index in [2.05, 4.69) is 22.4 Å². The van der Waals surface area contributed by atoms with E-state index in [9.17, 15) is 13.2 Å². The Hall–Kier alpha value is -2.04. The highest BCUT2D eigenvalue weighted by molar-refractivity contribution is 5.41. The zero-order valence-electron chi connectivity index (χ0n) is 10.8. The average molecular weight is 280 g/mol. The van der Waals surface area contributed by atoms with Gasteiger partial charge in [0.05, 0.1) is 11.9 Å². The van der Waals surface area contributed by atoms with Gasteiger partial charge in [0.25, 0.3) is 0 Å². The molecule has 5 heteroatoms. The monoisotopic (exact) mass is 280 g/mol. The van der Waals surface area contributed by atoms with Gasteiger partial charge in [-0.05, 0) is 30.5 Å². The zero-order valence-corrected chi connectivity index (χ0v) is 10.8. The number of aryl methyl sites for hydroxylation is 1. The van der Waals surface area contributed by atoms with Crippen LogP contribution in [-0.4, -0.2) is 11.5 Å². The summed E-state index contributed by atoms with van der Waals surface area (Å²) in [6.07, 6.45) is -1.33. The minimum absolute atomic E-state index is 0.603.